The molecule has 0 aliphatic carbocycles. The SMILES string of the molecule is CCCCCCCCCCCCCCCCCCCCCCCCCCCCCCCCCCCCC(O)C(=O)NC(CO)C(O)C(O)CCCCCCCCCCCCCCCCCCCCCCCCCCCCC. The minimum atomic E-state index is -1.26. The molecule has 0 aromatic heterocycles. The highest BCUT2D eigenvalue weighted by molar-refractivity contribution is 5.80. The summed E-state index contributed by atoms with van der Waals surface area (Å²) in [5.41, 5.74) is 0. The smallest absolute Gasteiger partial charge is 0.249 e. The zero-order valence-corrected chi connectivity index (χ0v) is 52.8. The number of unbranched alkanes of at least 4 members (excludes halogenated alkanes) is 59. The van der Waals surface area contributed by atoms with Gasteiger partial charge in [0.1, 0.15) is 12.2 Å². The quantitative estimate of drug-likeness (QED) is 0.0390. The third-order valence-electron chi connectivity index (χ3n) is 17.6. The van der Waals surface area contributed by atoms with E-state index in [2.05, 4.69) is 19.2 Å². The topological polar surface area (TPSA) is 110 Å². The predicted octanol–water partition coefficient (Wildman–Crippen LogP) is 22.2. The predicted molar refractivity (Wildman–Crippen MR) is 339 cm³/mol. The largest absolute Gasteiger partial charge is 0.394 e. The van der Waals surface area contributed by atoms with Crippen LogP contribution in [0.5, 0.6) is 0 Å². The van der Waals surface area contributed by atoms with Gasteiger partial charge in [-0.15, -0.1) is 0 Å². The first-order chi connectivity index (χ1) is 38.0. The summed E-state index contributed by atoms with van der Waals surface area (Å²) in [6, 6.07) is -0.982. The minimum Gasteiger partial charge on any atom is -0.394 e. The fourth-order valence-corrected chi connectivity index (χ4v) is 12.0. The molecule has 0 spiro atoms. The zero-order chi connectivity index (χ0) is 55.8. The first-order valence-corrected chi connectivity index (χ1v) is 35.9. The molecule has 0 aliphatic rings. The van der Waals surface area contributed by atoms with E-state index in [1.165, 1.54) is 353 Å². The summed E-state index contributed by atoms with van der Waals surface area (Å²) in [6.45, 7) is 4.12. The molecule has 1 amide bonds. The Morgan fingerprint density at radius 3 is 0.623 bits per heavy atom. The average molecular weight is 1090 g/mol. The number of carbonyl (C=O) groups excluding carboxylic acids is 1. The van der Waals surface area contributed by atoms with Gasteiger partial charge in [-0.1, -0.05) is 406 Å². The highest BCUT2D eigenvalue weighted by atomic mass is 16.3. The molecule has 4 unspecified atom stereocenters. The van der Waals surface area contributed by atoms with Crippen molar-refractivity contribution in [3.8, 4) is 0 Å². The van der Waals surface area contributed by atoms with Gasteiger partial charge in [-0.3, -0.25) is 4.79 Å². The van der Waals surface area contributed by atoms with E-state index in [-0.39, 0.29) is 0 Å². The molecule has 0 aliphatic heterocycles. The second-order valence-corrected chi connectivity index (χ2v) is 25.3. The van der Waals surface area contributed by atoms with Gasteiger partial charge >= 0.3 is 0 Å². The lowest BCUT2D eigenvalue weighted by atomic mass is 9.99. The lowest BCUT2D eigenvalue weighted by Crippen LogP contribution is -2.53. The Hall–Kier alpha value is -0.690. The van der Waals surface area contributed by atoms with E-state index in [1.807, 2.05) is 0 Å². The maximum Gasteiger partial charge on any atom is 0.249 e. The van der Waals surface area contributed by atoms with Crippen LogP contribution in [0, 0.1) is 0 Å². The lowest BCUT2D eigenvalue weighted by Gasteiger charge is -2.27. The summed E-state index contributed by atoms with van der Waals surface area (Å²) in [5, 5.41) is 44.3. The maximum absolute atomic E-state index is 12.7. The highest BCUT2D eigenvalue weighted by Crippen LogP contribution is 2.20. The van der Waals surface area contributed by atoms with Crippen molar-refractivity contribution in [2.75, 3.05) is 6.61 Å². The number of nitrogens with one attached hydrogen (secondary N) is 1. The van der Waals surface area contributed by atoms with Crippen LogP contribution in [-0.4, -0.2) is 57.3 Å². The highest BCUT2D eigenvalue weighted by Gasteiger charge is 2.28. The Bertz CT molecular complexity index is 1090. The van der Waals surface area contributed by atoms with Crippen molar-refractivity contribution < 1.29 is 25.2 Å². The van der Waals surface area contributed by atoms with Crippen LogP contribution in [0.3, 0.4) is 0 Å². The Morgan fingerprint density at radius 2 is 0.442 bits per heavy atom. The third-order valence-corrected chi connectivity index (χ3v) is 17.6. The van der Waals surface area contributed by atoms with Crippen molar-refractivity contribution in [1.29, 1.82) is 0 Å². The number of aliphatic hydroxyl groups is 4. The van der Waals surface area contributed by atoms with Gasteiger partial charge in [0.25, 0.3) is 0 Å². The van der Waals surface area contributed by atoms with E-state index < -0.39 is 36.9 Å². The van der Waals surface area contributed by atoms with E-state index in [0.717, 1.165) is 38.5 Å². The lowest BCUT2D eigenvalue weighted by molar-refractivity contribution is -0.132. The summed E-state index contributed by atoms with van der Waals surface area (Å²) < 4.78 is 0. The monoisotopic (exact) mass is 1090 g/mol. The molecule has 0 saturated heterocycles. The summed E-state index contributed by atoms with van der Waals surface area (Å²) in [7, 11) is 0. The molecule has 0 rings (SSSR count). The summed E-state index contributed by atoms with van der Waals surface area (Å²) in [5.74, 6) is -0.572. The van der Waals surface area contributed by atoms with Crippen molar-refractivity contribution in [2.24, 2.45) is 0 Å². The van der Waals surface area contributed by atoms with Gasteiger partial charge in [-0.25, -0.2) is 0 Å². The zero-order valence-electron chi connectivity index (χ0n) is 52.8. The molecule has 4 atom stereocenters. The average Bonchev–Trinajstić information content (AvgIpc) is 3.43. The van der Waals surface area contributed by atoms with Crippen LogP contribution >= 0.6 is 0 Å². The van der Waals surface area contributed by atoms with Gasteiger partial charge in [0.15, 0.2) is 0 Å². The van der Waals surface area contributed by atoms with Crippen molar-refractivity contribution >= 4 is 5.91 Å². The normalized spacial score (nSPS) is 13.4. The van der Waals surface area contributed by atoms with E-state index in [1.54, 1.807) is 0 Å². The van der Waals surface area contributed by atoms with Crippen LogP contribution in [0.1, 0.15) is 418 Å². The number of hydrogen-bond donors (Lipinski definition) is 5. The Balaban J connectivity index is 3.49. The minimum absolute atomic E-state index is 0.377. The van der Waals surface area contributed by atoms with E-state index in [4.69, 9.17) is 0 Å². The Morgan fingerprint density at radius 1 is 0.273 bits per heavy atom. The van der Waals surface area contributed by atoms with Gasteiger partial charge < -0.3 is 25.7 Å². The first-order valence-electron chi connectivity index (χ1n) is 35.9. The van der Waals surface area contributed by atoms with Crippen molar-refractivity contribution in [1.82, 2.24) is 5.32 Å². The molecule has 6 heteroatoms. The van der Waals surface area contributed by atoms with Gasteiger partial charge in [-0.2, -0.15) is 0 Å². The molecular weight excluding hydrogens is 947 g/mol. The summed E-state index contributed by atoms with van der Waals surface area (Å²) in [4.78, 5) is 12.7. The first kappa shape index (κ1) is 76.3. The molecule has 0 saturated carbocycles. The standard InChI is InChI=1S/C71H143NO5/c1-3-5-7-9-11-13-15-17-19-21-23-25-27-29-31-32-33-34-35-36-37-39-41-43-45-47-49-51-53-55-57-59-61-63-65-69(75)71(77)72-67(66-73)70(76)68(74)64-62-60-58-56-54-52-50-48-46-44-42-40-38-30-28-26-24-22-20-18-16-14-12-10-8-6-4-2/h67-70,73-76H,3-66H2,1-2H3,(H,72,77). The number of hydrogen-bond acceptors (Lipinski definition) is 5. The molecule has 462 valence electrons. The van der Waals surface area contributed by atoms with E-state index in [9.17, 15) is 25.2 Å². The summed E-state index contributed by atoms with van der Waals surface area (Å²) >= 11 is 0. The van der Waals surface area contributed by atoms with Crippen LogP contribution in [0.15, 0.2) is 0 Å². The van der Waals surface area contributed by atoms with Crippen molar-refractivity contribution in [2.45, 2.75) is 443 Å². The maximum atomic E-state index is 12.7. The molecule has 77 heavy (non-hydrogen) atoms. The van der Waals surface area contributed by atoms with Crippen LogP contribution in [0.2, 0.25) is 0 Å². The van der Waals surface area contributed by atoms with Gasteiger partial charge in [0.05, 0.1) is 18.8 Å². The van der Waals surface area contributed by atoms with E-state index >= 15 is 0 Å². The Kier molecular flexibility index (Phi) is 65.5. The molecule has 5 N–H and O–H groups in total. The molecule has 0 heterocycles. The van der Waals surface area contributed by atoms with Crippen LogP contribution in [-0.2, 0) is 4.79 Å². The molecular formula is C71H143NO5. The number of aliphatic hydroxyl groups excluding tert-OH is 4. The van der Waals surface area contributed by atoms with Gasteiger partial charge in [0, 0.05) is 0 Å². The Labute approximate surface area is 483 Å². The molecule has 0 radical (unpaired) electrons. The van der Waals surface area contributed by atoms with E-state index in [0.29, 0.717) is 12.8 Å². The third kappa shape index (κ3) is 59.7. The molecule has 6 nitrogen and oxygen atoms in total. The summed E-state index contributed by atoms with van der Waals surface area (Å²) in [6.07, 6.45) is 81.0. The van der Waals surface area contributed by atoms with Crippen LogP contribution in [0.25, 0.3) is 0 Å². The van der Waals surface area contributed by atoms with Crippen LogP contribution in [0.4, 0.5) is 0 Å². The fourth-order valence-electron chi connectivity index (χ4n) is 12.0. The second kappa shape index (κ2) is 66.1. The number of amides is 1. The van der Waals surface area contributed by atoms with Crippen molar-refractivity contribution in [3.05, 3.63) is 0 Å². The molecule has 0 bridgehead atoms. The van der Waals surface area contributed by atoms with Crippen molar-refractivity contribution in [3.63, 3.8) is 0 Å². The van der Waals surface area contributed by atoms with Crippen LogP contribution < -0.4 is 5.32 Å². The van der Waals surface area contributed by atoms with Gasteiger partial charge in [-0.05, 0) is 12.8 Å². The number of carbonyl (C=O) groups is 1. The molecule has 0 aromatic carbocycles. The molecule has 0 aromatic rings. The fraction of sp³-hybridized carbons (Fsp3) is 0.986. The van der Waals surface area contributed by atoms with Gasteiger partial charge in [0.2, 0.25) is 5.91 Å². The molecule has 0 fully saturated rings. The number of rotatable bonds is 68. The second-order valence-electron chi connectivity index (χ2n) is 25.3.